The maximum absolute atomic E-state index is 12.4. The molecular formula is C19H20N4O4. The average Bonchev–Trinajstić information content (AvgIpc) is 3.16. The first-order valence-electron chi connectivity index (χ1n) is 8.18. The fourth-order valence-electron chi connectivity index (χ4n) is 2.53. The summed E-state index contributed by atoms with van der Waals surface area (Å²) in [6.07, 6.45) is 0. The van der Waals surface area contributed by atoms with Crippen LogP contribution in [0.5, 0.6) is 11.5 Å². The predicted molar refractivity (Wildman–Crippen MR) is 100 cm³/mol. The van der Waals surface area contributed by atoms with Crippen LogP contribution in [0, 0.1) is 0 Å². The van der Waals surface area contributed by atoms with Crippen LogP contribution in [0.2, 0.25) is 0 Å². The van der Waals surface area contributed by atoms with E-state index in [-0.39, 0.29) is 11.9 Å². The molecular weight excluding hydrogens is 348 g/mol. The monoisotopic (exact) mass is 368 g/mol. The molecule has 1 heterocycles. The van der Waals surface area contributed by atoms with Gasteiger partial charge in [0.1, 0.15) is 11.5 Å². The van der Waals surface area contributed by atoms with E-state index < -0.39 is 0 Å². The van der Waals surface area contributed by atoms with Gasteiger partial charge in [-0.1, -0.05) is 12.1 Å². The number of hydrogen-bond donors (Lipinski definition) is 2. The van der Waals surface area contributed by atoms with Crippen molar-refractivity contribution in [1.29, 1.82) is 0 Å². The molecule has 1 aromatic heterocycles. The van der Waals surface area contributed by atoms with Crippen LogP contribution in [0.3, 0.4) is 0 Å². The number of carbonyl (C=O) groups excluding carboxylic acids is 1. The van der Waals surface area contributed by atoms with Crippen molar-refractivity contribution in [2.24, 2.45) is 0 Å². The van der Waals surface area contributed by atoms with Gasteiger partial charge < -0.3 is 14.2 Å². The van der Waals surface area contributed by atoms with Crippen molar-refractivity contribution in [2.75, 3.05) is 26.6 Å². The second-order valence-electron chi connectivity index (χ2n) is 5.66. The third-order valence-corrected chi connectivity index (χ3v) is 3.90. The maximum atomic E-state index is 12.4. The van der Waals surface area contributed by atoms with E-state index in [0.717, 1.165) is 5.56 Å². The molecule has 1 amide bonds. The molecule has 0 unspecified atom stereocenters. The lowest BCUT2D eigenvalue weighted by molar-refractivity contribution is 0.102. The Hall–Kier alpha value is -3.39. The van der Waals surface area contributed by atoms with Crippen LogP contribution < -0.4 is 14.8 Å². The van der Waals surface area contributed by atoms with Gasteiger partial charge in [-0.2, -0.15) is 4.98 Å². The number of nitrogens with one attached hydrogen (secondary N) is 2. The third kappa shape index (κ3) is 4.24. The number of aromatic nitrogens is 3. The number of rotatable bonds is 7. The molecule has 2 N–H and O–H groups in total. The summed E-state index contributed by atoms with van der Waals surface area (Å²) < 4.78 is 15.6. The molecule has 3 rings (SSSR count). The van der Waals surface area contributed by atoms with Crippen LogP contribution >= 0.6 is 0 Å². The zero-order valence-corrected chi connectivity index (χ0v) is 15.3. The standard InChI is InChI=1S/C19H20N4O4/c1-25-11-12-4-6-13(7-5-12)18(24)21-19-20-17(22-23-19)15-9-8-14(26-2)10-16(15)27-3/h4-10H,11H2,1-3H3,(H2,20,21,22,23,24). The number of methoxy groups -OCH3 is 3. The molecule has 0 aliphatic carbocycles. The molecule has 0 aliphatic heterocycles. The molecule has 27 heavy (non-hydrogen) atoms. The minimum Gasteiger partial charge on any atom is -0.497 e. The van der Waals surface area contributed by atoms with Gasteiger partial charge in [-0.15, -0.1) is 5.10 Å². The van der Waals surface area contributed by atoms with Crippen LogP contribution in [0.1, 0.15) is 15.9 Å². The minimum absolute atomic E-state index is 0.175. The first-order valence-corrected chi connectivity index (χ1v) is 8.18. The number of benzene rings is 2. The van der Waals surface area contributed by atoms with Gasteiger partial charge in [-0.05, 0) is 29.8 Å². The number of hydrogen-bond acceptors (Lipinski definition) is 6. The van der Waals surface area contributed by atoms with Crippen LogP contribution in [-0.4, -0.2) is 42.4 Å². The van der Waals surface area contributed by atoms with Crippen LogP contribution in [0.15, 0.2) is 42.5 Å². The van der Waals surface area contributed by atoms with Gasteiger partial charge in [0.15, 0.2) is 5.82 Å². The number of ether oxygens (including phenoxy) is 3. The average molecular weight is 368 g/mol. The van der Waals surface area contributed by atoms with Crippen molar-refractivity contribution >= 4 is 11.9 Å². The molecule has 0 fully saturated rings. The van der Waals surface area contributed by atoms with E-state index >= 15 is 0 Å². The highest BCUT2D eigenvalue weighted by atomic mass is 16.5. The predicted octanol–water partition coefficient (Wildman–Crippen LogP) is 2.89. The van der Waals surface area contributed by atoms with Gasteiger partial charge in [0.05, 0.1) is 26.4 Å². The minimum atomic E-state index is -0.300. The summed E-state index contributed by atoms with van der Waals surface area (Å²) in [6, 6.07) is 12.5. The Morgan fingerprint density at radius 1 is 1.07 bits per heavy atom. The zero-order valence-electron chi connectivity index (χ0n) is 15.3. The highest BCUT2D eigenvalue weighted by molar-refractivity contribution is 6.03. The topological polar surface area (TPSA) is 98.4 Å². The van der Waals surface area contributed by atoms with Crippen molar-refractivity contribution in [3.05, 3.63) is 53.6 Å². The Morgan fingerprint density at radius 2 is 1.85 bits per heavy atom. The summed E-state index contributed by atoms with van der Waals surface area (Å²) in [4.78, 5) is 16.7. The fraction of sp³-hybridized carbons (Fsp3) is 0.211. The maximum Gasteiger partial charge on any atom is 0.258 e. The molecule has 0 spiro atoms. The van der Waals surface area contributed by atoms with Gasteiger partial charge in [-0.3, -0.25) is 15.2 Å². The lowest BCUT2D eigenvalue weighted by Gasteiger charge is -2.07. The van der Waals surface area contributed by atoms with Gasteiger partial charge in [-0.25, -0.2) is 0 Å². The SMILES string of the molecule is COCc1ccc(C(=O)Nc2n[nH]c(-c3ccc(OC)cc3OC)n2)cc1. The van der Waals surface area contributed by atoms with E-state index in [1.807, 2.05) is 12.1 Å². The van der Waals surface area contributed by atoms with Gasteiger partial charge in [0.2, 0.25) is 5.95 Å². The van der Waals surface area contributed by atoms with Crippen LogP contribution in [0.25, 0.3) is 11.4 Å². The molecule has 0 saturated carbocycles. The third-order valence-electron chi connectivity index (χ3n) is 3.90. The van der Waals surface area contributed by atoms with Gasteiger partial charge in [0, 0.05) is 18.7 Å². The van der Waals surface area contributed by atoms with Gasteiger partial charge >= 0.3 is 0 Å². The number of aromatic amines is 1. The molecule has 2 aromatic carbocycles. The lowest BCUT2D eigenvalue weighted by atomic mass is 10.1. The quantitative estimate of drug-likeness (QED) is 0.665. The number of amides is 1. The van der Waals surface area contributed by atoms with E-state index in [2.05, 4.69) is 20.5 Å². The molecule has 0 bridgehead atoms. The highest BCUT2D eigenvalue weighted by Crippen LogP contribution is 2.31. The van der Waals surface area contributed by atoms with Crippen molar-refractivity contribution in [3.8, 4) is 22.9 Å². The first-order chi connectivity index (χ1) is 13.1. The largest absolute Gasteiger partial charge is 0.497 e. The van der Waals surface area contributed by atoms with Crippen LogP contribution in [0.4, 0.5) is 5.95 Å². The van der Waals surface area contributed by atoms with Crippen molar-refractivity contribution < 1.29 is 19.0 Å². The van der Waals surface area contributed by atoms with Crippen molar-refractivity contribution in [3.63, 3.8) is 0 Å². The molecule has 140 valence electrons. The number of nitrogens with zero attached hydrogens (tertiary/aromatic N) is 2. The summed E-state index contributed by atoms with van der Waals surface area (Å²) in [6.45, 7) is 0.496. The van der Waals surface area contributed by atoms with E-state index in [1.165, 1.54) is 0 Å². The van der Waals surface area contributed by atoms with Gasteiger partial charge in [0.25, 0.3) is 5.91 Å². The summed E-state index contributed by atoms with van der Waals surface area (Å²) in [5.74, 6) is 1.60. The smallest absolute Gasteiger partial charge is 0.258 e. The second-order valence-corrected chi connectivity index (χ2v) is 5.66. The summed E-state index contributed by atoms with van der Waals surface area (Å²) in [5.41, 5.74) is 2.19. The normalized spacial score (nSPS) is 10.5. The molecule has 8 nitrogen and oxygen atoms in total. The Bertz CT molecular complexity index is 922. The van der Waals surface area contributed by atoms with Crippen molar-refractivity contribution in [2.45, 2.75) is 6.61 Å². The van der Waals surface area contributed by atoms with E-state index in [4.69, 9.17) is 14.2 Å². The molecule has 0 radical (unpaired) electrons. The zero-order chi connectivity index (χ0) is 19.2. The first kappa shape index (κ1) is 18.4. The second kappa shape index (κ2) is 8.33. The number of anilines is 1. The summed E-state index contributed by atoms with van der Waals surface area (Å²) >= 11 is 0. The Kier molecular flexibility index (Phi) is 5.68. The number of carbonyl (C=O) groups is 1. The Balaban J connectivity index is 1.75. The van der Waals surface area contributed by atoms with E-state index in [9.17, 15) is 4.79 Å². The fourth-order valence-corrected chi connectivity index (χ4v) is 2.53. The summed E-state index contributed by atoms with van der Waals surface area (Å²) in [7, 11) is 4.77. The molecule has 3 aromatic rings. The molecule has 0 atom stereocenters. The Morgan fingerprint density at radius 3 is 2.52 bits per heavy atom. The molecule has 0 aliphatic rings. The van der Waals surface area contributed by atoms with E-state index in [1.54, 1.807) is 51.7 Å². The summed E-state index contributed by atoms with van der Waals surface area (Å²) in [5, 5.41) is 9.52. The Labute approximate surface area is 156 Å². The number of H-pyrrole nitrogens is 1. The lowest BCUT2D eigenvalue weighted by Crippen LogP contribution is -2.13. The van der Waals surface area contributed by atoms with Crippen molar-refractivity contribution in [1.82, 2.24) is 15.2 Å². The molecule has 8 heteroatoms. The molecule has 0 saturated heterocycles. The van der Waals surface area contributed by atoms with E-state index in [0.29, 0.717) is 35.1 Å². The highest BCUT2D eigenvalue weighted by Gasteiger charge is 2.14. The van der Waals surface area contributed by atoms with Crippen LogP contribution in [-0.2, 0) is 11.3 Å².